The van der Waals surface area contributed by atoms with Gasteiger partial charge in [-0.1, -0.05) is 31.9 Å². The third kappa shape index (κ3) is 3.57. The Bertz CT molecular complexity index is 413. The summed E-state index contributed by atoms with van der Waals surface area (Å²) in [5.41, 5.74) is 7.30. The Morgan fingerprint density at radius 2 is 2.28 bits per heavy atom. The minimum atomic E-state index is 0.0257. The average Bonchev–Trinajstić information content (AvgIpc) is 3.21. The van der Waals surface area contributed by atoms with Gasteiger partial charge < -0.3 is 11.1 Å². The first-order chi connectivity index (χ1) is 8.72. The molecular weight excluding hydrogens is 224 g/mol. The summed E-state index contributed by atoms with van der Waals surface area (Å²) >= 11 is 0. The molecule has 98 valence electrons. The summed E-state index contributed by atoms with van der Waals surface area (Å²) in [5.74, 6) is 0.864. The zero-order valence-electron chi connectivity index (χ0n) is 11.0. The number of carbonyl (C=O) groups is 1. The molecule has 0 aromatic heterocycles. The summed E-state index contributed by atoms with van der Waals surface area (Å²) in [6.07, 6.45) is 4.78. The van der Waals surface area contributed by atoms with E-state index in [4.69, 9.17) is 5.73 Å². The molecule has 1 unspecified atom stereocenters. The van der Waals surface area contributed by atoms with E-state index in [1.807, 2.05) is 24.3 Å². The van der Waals surface area contributed by atoms with Gasteiger partial charge in [-0.2, -0.15) is 0 Å². The fraction of sp³-hybridized carbons (Fsp3) is 0.533. The Hall–Kier alpha value is -1.35. The monoisotopic (exact) mass is 246 g/mol. The lowest BCUT2D eigenvalue weighted by atomic mass is 10.1. The van der Waals surface area contributed by atoms with Gasteiger partial charge in [0.05, 0.1) is 0 Å². The predicted molar refractivity (Wildman–Crippen MR) is 73.2 cm³/mol. The van der Waals surface area contributed by atoms with E-state index >= 15 is 0 Å². The van der Waals surface area contributed by atoms with Crippen LogP contribution in [0.5, 0.6) is 0 Å². The van der Waals surface area contributed by atoms with Crippen molar-refractivity contribution in [1.82, 2.24) is 5.32 Å². The van der Waals surface area contributed by atoms with Crippen LogP contribution in [-0.2, 0) is 6.54 Å². The molecule has 1 aromatic rings. The zero-order chi connectivity index (χ0) is 13.0. The molecular formula is C15H22N2O. The maximum atomic E-state index is 12.1. The first kappa shape index (κ1) is 13.1. The van der Waals surface area contributed by atoms with Crippen LogP contribution in [0.4, 0.5) is 0 Å². The summed E-state index contributed by atoms with van der Waals surface area (Å²) in [4.78, 5) is 12.1. The van der Waals surface area contributed by atoms with Crippen LogP contribution in [0.25, 0.3) is 0 Å². The fourth-order valence-electron chi connectivity index (χ4n) is 2.19. The third-order valence-electron chi connectivity index (χ3n) is 3.57. The van der Waals surface area contributed by atoms with Crippen LogP contribution >= 0.6 is 0 Å². The van der Waals surface area contributed by atoms with Crippen molar-refractivity contribution >= 4 is 5.91 Å². The molecule has 0 saturated heterocycles. The quantitative estimate of drug-likeness (QED) is 0.810. The van der Waals surface area contributed by atoms with Crippen molar-refractivity contribution in [3.05, 3.63) is 35.4 Å². The van der Waals surface area contributed by atoms with Gasteiger partial charge in [0.15, 0.2) is 0 Å². The molecule has 0 bridgehead atoms. The second-order valence-electron chi connectivity index (χ2n) is 5.16. The van der Waals surface area contributed by atoms with Crippen LogP contribution in [0, 0.1) is 5.92 Å². The molecule has 3 N–H and O–H groups in total. The molecule has 2 rings (SSSR count). The summed E-state index contributed by atoms with van der Waals surface area (Å²) in [6, 6.07) is 7.86. The highest BCUT2D eigenvalue weighted by Crippen LogP contribution is 2.34. The van der Waals surface area contributed by atoms with Crippen molar-refractivity contribution in [2.45, 2.75) is 45.2 Å². The normalized spacial score (nSPS) is 16.3. The Morgan fingerprint density at radius 1 is 1.50 bits per heavy atom. The molecule has 0 aliphatic heterocycles. The van der Waals surface area contributed by atoms with E-state index in [1.165, 1.54) is 12.8 Å². The zero-order valence-corrected chi connectivity index (χ0v) is 11.0. The highest BCUT2D eigenvalue weighted by Gasteiger charge is 2.25. The molecule has 1 saturated carbocycles. The second kappa shape index (κ2) is 6.01. The van der Waals surface area contributed by atoms with Crippen molar-refractivity contribution in [3.8, 4) is 0 Å². The first-order valence-corrected chi connectivity index (χ1v) is 6.82. The van der Waals surface area contributed by atoms with Gasteiger partial charge in [-0.15, -0.1) is 0 Å². The lowest BCUT2D eigenvalue weighted by Crippen LogP contribution is -2.34. The molecule has 1 atom stereocenters. The highest BCUT2D eigenvalue weighted by molar-refractivity contribution is 5.94. The van der Waals surface area contributed by atoms with Crippen LogP contribution in [-0.4, -0.2) is 11.9 Å². The second-order valence-corrected chi connectivity index (χ2v) is 5.16. The fourth-order valence-corrected chi connectivity index (χ4v) is 2.19. The number of nitrogens with two attached hydrogens (primary N) is 1. The van der Waals surface area contributed by atoms with Gasteiger partial charge in [-0.05, 0) is 36.5 Å². The standard InChI is InChI=1S/C15H22N2O/c1-2-14(9-11-6-7-11)17-15(18)13-5-3-4-12(8-13)10-16/h3-5,8,11,14H,2,6-7,9-10,16H2,1H3,(H,17,18). The van der Waals surface area contributed by atoms with E-state index in [0.29, 0.717) is 18.2 Å². The SMILES string of the molecule is CCC(CC1CC1)NC(=O)c1cccc(CN)c1. The van der Waals surface area contributed by atoms with Crippen LogP contribution in [0.1, 0.15) is 48.5 Å². The first-order valence-electron chi connectivity index (χ1n) is 6.82. The van der Waals surface area contributed by atoms with E-state index in [-0.39, 0.29) is 5.91 Å². The molecule has 1 amide bonds. The summed E-state index contributed by atoms with van der Waals surface area (Å²) in [6.45, 7) is 2.60. The lowest BCUT2D eigenvalue weighted by Gasteiger charge is -2.16. The minimum absolute atomic E-state index is 0.0257. The molecule has 0 radical (unpaired) electrons. The van der Waals surface area contributed by atoms with E-state index in [1.54, 1.807) is 0 Å². The van der Waals surface area contributed by atoms with E-state index in [9.17, 15) is 4.79 Å². The Morgan fingerprint density at radius 3 is 2.89 bits per heavy atom. The molecule has 0 heterocycles. The number of nitrogens with one attached hydrogen (secondary N) is 1. The predicted octanol–water partition coefficient (Wildman–Crippen LogP) is 2.45. The maximum absolute atomic E-state index is 12.1. The van der Waals surface area contributed by atoms with Gasteiger partial charge in [-0.3, -0.25) is 4.79 Å². The van der Waals surface area contributed by atoms with Crippen molar-refractivity contribution in [3.63, 3.8) is 0 Å². The van der Waals surface area contributed by atoms with Gasteiger partial charge in [0.2, 0.25) is 0 Å². The number of hydrogen-bond acceptors (Lipinski definition) is 2. The van der Waals surface area contributed by atoms with Crippen molar-refractivity contribution in [1.29, 1.82) is 0 Å². The number of amides is 1. The summed E-state index contributed by atoms with van der Waals surface area (Å²) in [7, 11) is 0. The Balaban J connectivity index is 1.96. The number of carbonyl (C=O) groups excluding carboxylic acids is 1. The van der Waals surface area contributed by atoms with Gasteiger partial charge in [0.1, 0.15) is 0 Å². The van der Waals surface area contributed by atoms with E-state index < -0.39 is 0 Å². The van der Waals surface area contributed by atoms with Gasteiger partial charge >= 0.3 is 0 Å². The molecule has 0 spiro atoms. The van der Waals surface area contributed by atoms with Crippen LogP contribution in [0.3, 0.4) is 0 Å². The molecule has 3 nitrogen and oxygen atoms in total. The van der Waals surface area contributed by atoms with Gasteiger partial charge in [0.25, 0.3) is 5.91 Å². The van der Waals surface area contributed by atoms with Crippen LogP contribution in [0.2, 0.25) is 0 Å². The highest BCUT2D eigenvalue weighted by atomic mass is 16.1. The van der Waals surface area contributed by atoms with Crippen molar-refractivity contribution in [2.24, 2.45) is 11.7 Å². The van der Waals surface area contributed by atoms with Crippen LogP contribution in [0.15, 0.2) is 24.3 Å². The van der Waals surface area contributed by atoms with E-state index in [0.717, 1.165) is 24.3 Å². The Labute approximate surface area is 109 Å². The van der Waals surface area contributed by atoms with E-state index in [2.05, 4.69) is 12.2 Å². The van der Waals surface area contributed by atoms with Gasteiger partial charge in [0, 0.05) is 18.2 Å². The van der Waals surface area contributed by atoms with Crippen molar-refractivity contribution < 1.29 is 4.79 Å². The van der Waals surface area contributed by atoms with Crippen LogP contribution < -0.4 is 11.1 Å². The number of rotatable bonds is 6. The topological polar surface area (TPSA) is 55.1 Å². The molecule has 1 aromatic carbocycles. The summed E-state index contributed by atoms with van der Waals surface area (Å²) < 4.78 is 0. The maximum Gasteiger partial charge on any atom is 0.251 e. The van der Waals surface area contributed by atoms with Crippen molar-refractivity contribution in [2.75, 3.05) is 0 Å². The summed E-state index contributed by atoms with van der Waals surface area (Å²) in [5, 5.41) is 3.13. The average molecular weight is 246 g/mol. The number of benzene rings is 1. The molecule has 1 aliphatic rings. The molecule has 18 heavy (non-hydrogen) atoms. The minimum Gasteiger partial charge on any atom is -0.349 e. The Kier molecular flexibility index (Phi) is 4.37. The molecule has 3 heteroatoms. The third-order valence-corrected chi connectivity index (χ3v) is 3.57. The number of hydrogen-bond donors (Lipinski definition) is 2. The largest absolute Gasteiger partial charge is 0.349 e. The lowest BCUT2D eigenvalue weighted by molar-refractivity contribution is 0.0932. The van der Waals surface area contributed by atoms with Gasteiger partial charge in [-0.25, -0.2) is 0 Å². The smallest absolute Gasteiger partial charge is 0.251 e. The molecule has 1 fully saturated rings. The molecule has 1 aliphatic carbocycles.